The number of carboxylic acids is 1. The van der Waals surface area contributed by atoms with Crippen LogP contribution >= 0.6 is 56.9 Å². The minimum Gasteiger partial charge on any atom is -0.487 e. The zero-order valence-electron chi connectivity index (χ0n) is 14.6. The third kappa shape index (κ3) is 5.70. The van der Waals surface area contributed by atoms with E-state index in [2.05, 4.69) is 60.4 Å². The third-order valence-corrected chi connectivity index (χ3v) is 5.84. The summed E-state index contributed by atoms with van der Waals surface area (Å²) >= 11 is 5.40. The molecule has 0 saturated carbocycles. The van der Waals surface area contributed by atoms with Crippen LogP contribution in [0.15, 0.2) is 52.5 Å². The molecule has 144 valence electrons. The molecule has 0 amide bonds. The van der Waals surface area contributed by atoms with Gasteiger partial charge in [-0.2, -0.15) is 0 Å². The van der Waals surface area contributed by atoms with E-state index >= 15 is 0 Å². The fraction of sp³-hybridized carbons (Fsp3) is 0.105. The van der Waals surface area contributed by atoms with Crippen LogP contribution in [0, 0.1) is 14.1 Å². The second kappa shape index (κ2) is 9.74. The number of halogens is 2. The molecule has 0 spiro atoms. The third-order valence-electron chi connectivity index (χ3n) is 3.54. The van der Waals surface area contributed by atoms with E-state index in [-0.39, 0.29) is 4.91 Å². The van der Waals surface area contributed by atoms with E-state index < -0.39 is 5.97 Å². The van der Waals surface area contributed by atoms with Gasteiger partial charge in [-0.25, -0.2) is 9.78 Å². The summed E-state index contributed by atoms with van der Waals surface area (Å²) in [5.41, 5.74) is 1.74. The van der Waals surface area contributed by atoms with Gasteiger partial charge >= 0.3 is 5.97 Å². The summed E-state index contributed by atoms with van der Waals surface area (Å²) in [6.45, 7) is 2.16. The maximum absolute atomic E-state index is 11.8. The number of H-pyrrole nitrogens is 1. The summed E-state index contributed by atoms with van der Waals surface area (Å²) in [7, 11) is 0. The molecule has 0 bridgehead atoms. The highest BCUT2D eigenvalue weighted by atomic mass is 127. The highest BCUT2D eigenvalue weighted by molar-refractivity contribution is 14.1. The van der Waals surface area contributed by atoms with Crippen LogP contribution < -0.4 is 4.74 Å². The molecule has 0 fully saturated rings. The number of ether oxygens (including phenoxy) is 1. The Morgan fingerprint density at radius 1 is 1.29 bits per heavy atom. The van der Waals surface area contributed by atoms with Crippen molar-refractivity contribution in [3.8, 4) is 5.75 Å². The quantitative estimate of drug-likeness (QED) is 0.217. The number of thioether (sulfide) groups is 1. The van der Waals surface area contributed by atoms with Crippen molar-refractivity contribution in [3.63, 3.8) is 0 Å². The molecule has 2 N–H and O–H groups in total. The fourth-order valence-corrected chi connectivity index (χ4v) is 5.10. The average molecular weight is 619 g/mol. The number of hydrogen-bond donors (Lipinski definition) is 2. The van der Waals surface area contributed by atoms with Gasteiger partial charge in [-0.15, -0.1) is 5.10 Å². The molecule has 9 heteroatoms. The zero-order valence-corrected chi connectivity index (χ0v) is 19.8. The lowest BCUT2D eigenvalue weighted by Crippen LogP contribution is -2.01. The van der Waals surface area contributed by atoms with Crippen molar-refractivity contribution in [2.24, 2.45) is 0 Å². The van der Waals surface area contributed by atoms with Crippen molar-refractivity contribution >= 4 is 69.0 Å². The standard InChI is InChI=1S/C19H15I2N3O3S/c1-11-22-19(24-23-11)28-16(18(25)26)8-13-7-14(20)9-15(21)17(13)27-10-12-5-3-2-4-6-12/h2-9H,10H2,1H3,(H,25,26)(H,22,23,24)/b16-8-. The van der Waals surface area contributed by atoms with Crippen LogP contribution in [0.2, 0.25) is 0 Å². The van der Waals surface area contributed by atoms with E-state index in [1.165, 1.54) is 0 Å². The van der Waals surface area contributed by atoms with E-state index in [1.54, 1.807) is 13.0 Å². The topological polar surface area (TPSA) is 88.1 Å². The number of benzene rings is 2. The van der Waals surface area contributed by atoms with Crippen LogP contribution in [-0.4, -0.2) is 26.3 Å². The predicted molar refractivity (Wildman–Crippen MR) is 125 cm³/mol. The second-order valence-corrected chi connectivity index (χ2v) is 9.12. The fourth-order valence-electron chi connectivity index (χ4n) is 2.31. The Morgan fingerprint density at radius 2 is 2.04 bits per heavy atom. The van der Waals surface area contributed by atoms with E-state index in [0.29, 0.717) is 28.9 Å². The lowest BCUT2D eigenvalue weighted by molar-refractivity contribution is -0.131. The average Bonchev–Trinajstić information content (AvgIpc) is 3.06. The molecule has 0 aliphatic rings. The highest BCUT2D eigenvalue weighted by Gasteiger charge is 2.16. The van der Waals surface area contributed by atoms with Crippen LogP contribution in [0.5, 0.6) is 5.75 Å². The van der Waals surface area contributed by atoms with E-state index in [9.17, 15) is 9.90 Å². The molecule has 1 heterocycles. The lowest BCUT2D eigenvalue weighted by Gasteiger charge is -2.13. The number of carbonyl (C=O) groups is 1. The van der Waals surface area contributed by atoms with Gasteiger partial charge in [-0.05, 0) is 87.6 Å². The van der Waals surface area contributed by atoms with Gasteiger partial charge in [0, 0.05) is 9.13 Å². The Hall–Kier alpha value is -1.60. The molecule has 0 unspecified atom stereocenters. The van der Waals surface area contributed by atoms with E-state index in [0.717, 1.165) is 24.5 Å². The van der Waals surface area contributed by atoms with Gasteiger partial charge in [-0.3, -0.25) is 5.10 Å². The predicted octanol–water partition coefficient (Wildman–Crippen LogP) is 5.12. The smallest absolute Gasteiger partial charge is 0.342 e. The van der Waals surface area contributed by atoms with Gasteiger partial charge < -0.3 is 9.84 Å². The number of rotatable bonds is 7. The van der Waals surface area contributed by atoms with Gasteiger partial charge in [-0.1, -0.05) is 30.3 Å². The number of carboxylic acid groups (broad SMARTS) is 1. The molecule has 3 rings (SSSR count). The van der Waals surface area contributed by atoms with Crippen molar-refractivity contribution in [2.45, 2.75) is 18.7 Å². The Morgan fingerprint density at radius 3 is 2.68 bits per heavy atom. The number of aromatic nitrogens is 3. The van der Waals surface area contributed by atoms with Crippen molar-refractivity contribution in [1.29, 1.82) is 0 Å². The Balaban J connectivity index is 1.93. The van der Waals surface area contributed by atoms with Crippen LogP contribution in [0.1, 0.15) is 17.0 Å². The first kappa shape index (κ1) is 21.1. The largest absolute Gasteiger partial charge is 0.487 e. The molecule has 28 heavy (non-hydrogen) atoms. The van der Waals surface area contributed by atoms with Gasteiger partial charge in [0.1, 0.15) is 23.1 Å². The summed E-state index contributed by atoms with van der Waals surface area (Å²) in [5, 5.41) is 16.7. The molecular weight excluding hydrogens is 604 g/mol. The molecule has 0 aliphatic heterocycles. The highest BCUT2D eigenvalue weighted by Crippen LogP contribution is 2.33. The molecule has 6 nitrogen and oxygen atoms in total. The van der Waals surface area contributed by atoms with Crippen molar-refractivity contribution in [2.75, 3.05) is 0 Å². The number of hydrogen-bond acceptors (Lipinski definition) is 5. The van der Waals surface area contributed by atoms with Crippen molar-refractivity contribution in [3.05, 3.63) is 71.5 Å². The maximum atomic E-state index is 11.8. The maximum Gasteiger partial charge on any atom is 0.342 e. The number of nitrogens with zero attached hydrogens (tertiary/aromatic N) is 2. The zero-order chi connectivity index (χ0) is 20.1. The van der Waals surface area contributed by atoms with Gasteiger partial charge in [0.2, 0.25) is 5.16 Å². The van der Waals surface area contributed by atoms with Crippen molar-refractivity contribution in [1.82, 2.24) is 15.2 Å². The van der Waals surface area contributed by atoms with Crippen molar-refractivity contribution < 1.29 is 14.6 Å². The van der Waals surface area contributed by atoms with Gasteiger partial charge in [0.05, 0.1) is 3.57 Å². The number of aryl methyl sites for hydroxylation is 1. The summed E-state index contributed by atoms with van der Waals surface area (Å²) in [5.74, 6) is 0.230. The summed E-state index contributed by atoms with van der Waals surface area (Å²) < 4.78 is 7.95. The first-order chi connectivity index (χ1) is 13.4. The number of aliphatic carboxylic acids is 1. The summed E-state index contributed by atoms with van der Waals surface area (Å²) in [6.07, 6.45) is 1.60. The second-order valence-electron chi connectivity index (χ2n) is 5.70. The minimum absolute atomic E-state index is 0.112. The lowest BCUT2D eigenvalue weighted by atomic mass is 10.2. The van der Waals surface area contributed by atoms with Gasteiger partial charge in [0.25, 0.3) is 0 Å². The van der Waals surface area contributed by atoms with Crippen LogP contribution in [0.3, 0.4) is 0 Å². The molecule has 0 radical (unpaired) electrons. The Labute approximate surface area is 193 Å². The Bertz CT molecular complexity index is 1020. The molecule has 3 aromatic rings. The first-order valence-electron chi connectivity index (χ1n) is 8.10. The molecule has 2 aromatic carbocycles. The normalized spacial score (nSPS) is 11.5. The minimum atomic E-state index is -1.05. The molecule has 0 atom stereocenters. The molecule has 0 aliphatic carbocycles. The number of aromatic amines is 1. The van der Waals surface area contributed by atoms with E-state index in [4.69, 9.17) is 4.74 Å². The van der Waals surface area contributed by atoms with E-state index in [1.807, 2.05) is 42.5 Å². The van der Waals surface area contributed by atoms with Crippen LogP contribution in [0.4, 0.5) is 0 Å². The van der Waals surface area contributed by atoms with Gasteiger partial charge in [0.15, 0.2) is 0 Å². The SMILES string of the molecule is Cc1nc(S/C(=C\c2cc(I)cc(I)c2OCc2ccccc2)C(=O)O)n[nH]1. The monoisotopic (exact) mass is 619 g/mol. The van der Waals surface area contributed by atoms with Crippen LogP contribution in [0.25, 0.3) is 6.08 Å². The summed E-state index contributed by atoms with van der Waals surface area (Å²) in [4.78, 5) is 16.1. The molecular formula is C19H15I2N3O3S. The van der Waals surface area contributed by atoms with Crippen LogP contribution in [-0.2, 0) is 11.4 Å². The number of nitrogens with one attached hydrogen (secondary N) is 1. The first-order valence-corrected chi connectivity index (χ1v) is 11.1. The molecule has 1 aromatic heterocycles. The Kier molecular flexibility index (Phi) is 7.35. The summed E-state index contributed by atoms with van der Waals surface area (Å²) in [6, 6.07) is 13.7. The molecule has 0 saturated heterocycles.